The average Bonchev–Trinajstić information content (AvgIpc) is 2.23. The highest BCUT2D eigenvalue weighted by Gasteiger charge is 2.01. The van der Waals surface area contributed by atoms with Crippen molar-refractivity contribution in [2.75, 3.05) is 13.1 Å². The Morgan fingerprint density at radius 3 is 2.93 bits per heavy atom. The minimum atomic E-state index is -0.284. The van der Waals surface area contributed by atoms with Crippen molar-refractivity contribution in [2.45, 2.75) is 26.4 Å². The molecule has 0 radical (unpaired) electrons. The van der Waals surface area contributed by atoms with E-state index >= 15 is 0 Å². The van der Waals surface area contributed by atoms with Gasteiger partial charge in [0, 0.05) is 25.3 Å². The largest absolute Gasteiger partial charge is 0.315 e. The van der Waals surface area contributed by atoms with Crippen LogP contribution in [0.4, 0.5) is 4.39 Å². The van der Waals surface area contributed by atoms with Gasteiger partial charge in [0.15, 0.2) is 0 Å². The van der Waals surface area contributed by atoms with Crippen LogP contribution in [0, 0.1) is 5.82 Å². The molecule has 0 fully saturated rings. The molecule has 0 bridgehead atoms. The zero-order valence-corrected chi connectivity index (χ0v) is 9.26. The zero-order chi connectivity index (χ0) is 11.1. The van der Waals surface area contributed by atoms with Gasteiger partial charge in [0.2, 0.25) is 0 Å². The van der Waals surface area contributed by atoms with Gasteiger partial charge in [-0.25, -0.2) is 4.39 Å². The molecular formula is C11H18FN3. The van der Waals surface area contributed by atoms with E-state index in [4.69, 9.17) is 0 Å². The first kappa shape index (κ1) is 12.1. The highest BCUT2D eigenvalue weighted by molar-refractivity contribution is 5.09. The maximum absolute atomic E-state index is 12.8. The summed E-state index contributed by atoms with van der Waals surface area (Å²) in [6.45, 7) is 6.70. The highest BCUT2D eigenvalue weighted by Crippen LogP contribution is 2.00. The second kappa shape index (κ2) is 6.48. The Kier molecular flexibility index (Phi) is 5.21. The second-order valence-corrected chi connectivity index (χ2v) is 3.60. The van der Waals surface area contributed by atoms with E-state index in [1.165, 1.54) is 12.3 Å². The van der Waals surface area contributed by atoms with Crippen LogP contribution in [-0.4, -0.2) is 24.1 Å². The molecule has 84 valence electrons. The second-order valence-electron chi connectivity index (χ2n) is 3.60. The lowest BCUT2D eigenvalue weighted by molar-refractivity contribution is 0.507. The summed E-state index contributed by atoms with van der Waals surface area (Å²) in [5.74, 6) is -0.284. The number of rotatable bonds is 6. The van der Waals surface area contributed by atoms with Crippen molar-refractivity contribution in [3.63, 3.8) is 0 Å². The molecule has 4 heteroatoms. The summed E-state index contributed by atoms with van der Waals surface area (Å²) in [5.41, 5.74) is 0.873. The van der Waals surface area contributed by atoms with Gasteiger partial charge >= 0.3 is 0 Å². The molecule has 1 unspecified atom stereocenters. The van der Waals surface area contributed by atoms with Crippen molar-refractivity contribution in [1.29, 1.82) is 0 Å². The summed E-state index contributed by atoms with van der Waals surface area (Å²) in [6, 6.07) is 1.87. The van der Waals surface area contributed by atoms with E-state index in [-0.39, 0.29) is 5.82 Å². The lowest BCUT2D eigenvalue weighted by Gasteiger charge is -2.13. The van der Waals surface area contributed by atoms with Gasteiger partial charge in [-0.05, 0) is 25.1 Å². The van der Waals surface area contributed by atoms with Gasteiger partial charge in [-0.3, -0.25) is 4.98 Å². The molecule has 3 nitrogen and oxygen atoms in total. The van der Waals surface area contributed by atoms with Crippen molar-refractivity contribution >= 4 is 0 Å². The number of likely N-dealkylation sites (N-methyl/N-ethyl adjacent to an activating group) is 1. The van der Waals surface area contributed by atoms with E-state index in [1.807, 2.05) is 0 Å². The molecule has 1 rings (SSSR count). The molecular weight excluding hydrogens is 193 g/mol. The summed E-state index contributed by atoms with van der Waals surface area (Å²) in [5, 5.41) is 6.54. The van der Waals surface area contributed by atoms with E-state index < -0.39 is 0 Å². The van der Waals surface area contributed by atoms with Crippen LogP contribution in [0.5, 0.6) is 0 Å². The normalized spacial score (nSPS) is 12.7. The Labute approximate surface area is 90.1 Å². The summed E-state index contributed by atoms with van der Waals surface area (Å²) >= 11 is 0. The van der Waals surface area contributed by atoms with Crippen molar-refractivity contribution < 1.29 is 4.39 Å². The number of halogens is 1. The van der Waals surface area contributed by atoms with Crippen LogP contribution in [0.2, 0.25) is 0 Å². The standard InChI is InChI=1S/C11H18FN3/c1-3-13-5-9(2)15-7-10-4-11(12)8-14-6-10/h4,6,8-9,13,15H,3,5,7H2,1-2H3. The van der Waals surface area contributed by atoms with Crippen molar-refractivity contribution in [1.82, 2.24) is 15.6 Å². The van der Waals surface area contributed by atoms with Crippen LogP contribution >= 0.6 is 0 Å². The van der Waals surface area contributed by atoms with Crippen molar-refractivity contribution in [2.24, 2.45) is 0 Å². The molecule has 1 aromatic rings. The average molecular weight is 211 g/mol. The summed E-state index contributed by atoms with van der Waals surface area (Å²) in [4.78, 5) is 3.79. The van der Waals surface area contributed by atoms with Crippen molar-refractivity contribution in [3.8, 4) is 0 Å². The molecule has 0 aliphatic carbocycles. The van der Waals surface area contributed by atoms with E-state index in [0.717, 1.165) is 18.7 Å². The molecule has 0 aromatic carbocycles. The first-order valence-electron chi connectivity index (χ1n) is 5.26. The van der Waals surface area contributed by atoms with E-state index in [1.54, 1.807) is 6.20 Å². The lowest BCUT2D eigenvalue weighted by atomic mass is 10.2. The van der Waals surface area contributed by atoms with Gasteiger partial charge in [-0.15, -0.1) is 0 Å². The Hall–Kier alpha value is -1.00. The predicted octanol–water partition coefficient (Wildman–Crippen LogP) is 1.31. The number of nitrogens with zero attached hydrogens (tertiary/aromatic N) is 1. The van der Waals surface area contributed by atoms with E-state index in [2.05, 4.69) is 29.5 Å². The van der Waals surface area contributed by atoms with Gasteiger partial charge in [0.05, 0.1) is 6.20 Å². The maximum atomic E-state index is 12.8. The molecule has 1 atom stereocenters. The van der Waals surface area contributed by atoms with Crippen LogP contribution in [-0.2, 0) is 6.54 Å². The molecule has 0 saturated heterocycles. The van der Waals surface area contributed by atoms with Crippen LogP contribution in [0.15, 0.2) is 18.5 Å². The Bertz CT molecular complexity index is 291. The third-order valence-corrected chi connectivity index (χ3v) is 2.12. The maximum Gasteiger partial charge on any atom is 0.141 e. The number of aromatic nitrogens is 1. The van der Waals surface area contributed by atoms with Crippen LogP contribution in [0.25, 0.3) is 0 Å². The molecule has 1 heterocycles. The highest BCUT2D eigenvalue weighted by atomic mass is 19.1. The predicted molar refractivity (Wildman–Crippen MR) is 59.0 cm³/mol. The van der Waals surface area contributed by atoms with E-state index in [9.17, 15) is 4.39 Å². The van der Waals surface area contributed by atoms with E-state index in [0.29, 0.717) is 12.6 Å². The van der Waals surface area contributed by atoms with Crippen molar-refractivity contribution in [3.05, 3.63) is 29.8 Å². The van der Waals surface area contributed by atoms with Gasteiger partial charge in [-0.1, -0.05) is 6.92 Å². The Balaban J connectivity index is 2.30. The smallest absolute Gasteiger partial charge is 0.141 e. The third-order valence-electron chi connectivity index (χ3n) is 2.12. The monoisotopic (exact) mass is 211 g/mol. The Morgan fingerprint density at radius 2 is 2.27 bits per heavy atom. The molecule has 0 aliphatic heterocycles. The van der Waals surface area contributed by atoms with Gasteiger partial charge in [-0.2, -0.15) is 0 Å². The van der Waals surface area contributed by atoms with Crippen LogP contribution in [0.1, 0.15) is 19.4 Å². The number of hydrogen-bond donors (Lipinski definition) is 2. The lowest BCUT2D eigenvalue weighted by Crippen LogP contribution is -2.35. The summed E-state index contributed by atoms with van der Waals surface area (Å²) in [6.07, 6.45) is 2.89. The quantitative estimate of drug-likeness (QED) is 0.745. The SMILES string of the molecule is CCNCC(C)NCc1cncc(F)c1. The molecule has 15 heavy (non-hydrogen) atoms. The fraction of sp³-hybridized carbons (Fsp3) is 0.545. The van der Waals surface area contributed by atoms with Gasteiger partial charge in [0.1, 0.15) is 5.82 Å². The first-order chi connectivity index (χ1) is 7.22. The topological polar surface area (TPSA) is 37.0 Å². The number of nitrogens with one attached hydrogen (secondary N) is 2. The molecule has 1 aromatic heterocycles. The zero-order valence-electron chi connectivity index (χ0n) is 9.26. The molecule has 2 N–H and O–H groups in total. The first-order valence-corrected chi connectivity index (χ1v) is 5.26. The van der Waals surface area contributed by atoms with Gasteiger partial charge in [0.25, 0.3) is 0 Å². The number of pyridine rings is 1. The fourth-order valence-corrected chi connectivity index (χ4v) is 1.28. The summed E-state index contributed by atoms with van der Waals surface area (Å²) in [7, 11) is 0. The fourth-order valence-electron chi connectivity index (χ4n) is 1.28. The Morgan fingerprint density at radius 1 is 1.47 bits per heavy atom. The molecule has 0 aliphatic rings. The summed E-state index contributed by atoms with van der Waals surface area (Å²) < 4.78 is 12.8. The van der Waals surface area contributed by atoms with Crippen LogP contribution in [0.3, 0.4) is 0 Å². The third kappa shape index (κ3) is 4.85. The molecule has 0 amide bonds. The molecule has 0 spiro atoms. The van der Waals surface area contributed by atoms with Gasteiger partial charge < -0.3 is 10.6 Å². The minimum Gasteiger partial charge on any atom is -0.315 e. The van der Waals surface area contributed by atoms with Crippen LogP contribution < -0.4 is 10.6 Å². The number of hydrogen-bond acceptors (Lipinski definition) is 3. The minimum absolute atomic E-state index is 0.284. The molecule has 0 saturated carbocycles.